The molecule has 0 unspecified atom stereocenters. The van der Waals surface area contributed by atoms with Crippen LogP contribution in [0.3, 0.4) is 0 Å². The number of rotatable bonds is 6. The van der Waals surface area contributed by atoms with Gasteiger partial charge in [0.1, 0.15) is 5.82 Å². The molecule has 2 aromatic heterocycles. The Morgan fingerprint density at radius 1 is 1.15 bits per heavy atom. The van der Waals surface area contributed by atoms with Gasteiger partial charge in [-0.3, -0.25) is 0 Å². The standard InChI is InChI=1S/C25H27F3N4O2/c1-17-12-22(32-16-20(14-30-32)25(26,27)28)10-8-19(17)15-31(21-6-4-3-5-7-21)23-11-9-18(13-29-23)24(33)34-2/h8-14,16,21H,3-7,15H2,1-2H3. The first-order chi connectivity index (χ1) is 16.3. The zero-order chi connectivity index (χ0) is 24.3. The largest absolute Gasteiger partial charge is 0.465 e. The molecule has 9 heteroatoms. The van der Waals surface area contributed by atoms with Gasteiger partial charge < -0.3 is 9.64 Å². The third-order valence-electron chi connectivity index (χ3n) is 6.32. The van der Waals surface area contributed by atoms with Crippen LogP contribution in [0.1, 0.15) is 59.2 Å². The molecule has 1 aliphatic rings. The lowest BCUT2D eigenvalue weighted by Crippen LogP contribution is -2.37. The number of aromatic nitrogens is 3. The van der Waals surface area contributed by atoms with E-state index in [1.165, 1.54) is 24.4 Å². The highest BCUT2D eigenvalue weighted by atomic mass is 19.4. The van der Waals surface area contributed by atoms with Gasteiger partial charge >= 0.3 is 12.1 Å². The van der Waals surface area contributed by atoms with Crippen molar-refractivity contribution < 1.29 is 22.7 Å². The monoisotopic (exact) mass is 472 g/mol. The van der Waals surface area contributed by atoms with Crippen LogP contribution in [0, 0.1) is 6.92 Å². The third kappa shape index (κ3) is 5.24. The molecule has 0 saturated heterocycles. The van der Waals surface area contributed by atoms with Crippen LogP contribution in [-0.2, 0) is 17.5 Å². The average molecular weight is 473 g/mol. The lowest BCUT2D eigenvalue weighted by molar-refractivity contribution is -0.137. The molecule has 0 bridgehead atoms. The number of hydrogen-bond donors (Lipinski definition) is 0. The Morgan fingerprint density at radius 2 is 1.91 bits per heavy atom. The molecule has 3 aromatic rings. The van der Waals surface area contributed by atoms with Crippen molar-refractivity contribution in [3.05, 3.63) is 71.2 Å². The summed E-state index contributed by atoms with van der Waals surface area (Å²) >= 11 is 0. The molecule has 1 fully saturated rings. The number of nitrogens with zero attached hydrogens (tertiary/aromatic N) is 4. The van der Waals surface area contributed by atoms with E-state index in [1.54, 1.807) is 12.1 Å². The maximum Gasteiger partial charge on any atom is 0.419 e. The van der Waals surface area contributed by atoms with Crippen LogP contribution in [-0.4, -0.2) is 33.9 Å². The predicted molar refractivity (Wildman–Crippen MR) is 122 cm³/mol. The van der Waals surface area contributed by atoms with Crippen molar-refractivity contribution in [1.29, 1.82) is 0 Å². The van der Waals surface area contributed by atoms with E-state index in [0.717, 1.165) is 55.0 Å². The van der Waals surface area contributed by atoms with E-state index >= 15 is 0 Å². The number of benzene rings is 1. The van der Waals surface area contributed by atoms with Crippen LogP contribution in [0.5, 0.6) is 0 Å². The van der Waals surface area contributed by atoms with Gasteiger partial charge in [0.25, 0.3) is 0 Å². The summed E-state index contributed by atoms with van der Waals surface area (Å²) in [5.41, 5.74) is 2.19. The maximum atomic E-state index is 12.9. The summed E-state index contributed by atoms with van der Waals surface area (Å²) in [5.74, 6) is 0.354. The molecular formula is C25H27F3N4O2. The van der Waals surface area contributed by atoms with Gasteiger partial charge in [-0.25, -0.2) is 14.5 Å². The quantitative estimate of drug-likeness (QED) is 0.430. The second-order valence-electron chi connectivity index (χ2n) is 8.60. The molecule has 6 nitrogen and oxygen atoms in total. The van der Waals surface area contributed by atoms with Crippen molar-refractivity contribution in [2.45, 2.75) is 57.8 Å². The number of ether oxygens (including phenoxy) is 1. The van der Waals surface area contributed by atoms with E-state index in [9.17, 15) is 18.0 Å². The van der Waals surface area contributed by atoms with Gasteiger partial charge in [-0.15, -0.1) is 0 Å². The van der Waals surface area contributed by atoms with E-state index in [0.29, 0.717) is 23.8 Å². The van der Waals surface area contributed by atoms with Crippen molar-refractivity contribution in [3.63, 3.8) is 0 Å². The molecule has 0 aliphatic heterocycles. The van der Waals surface area contributed by atoms with Gasteiger partial charge in [0.05, 0.1) is 30.1 Å². The molecule has 1 saturated carbocycles. The van der Waals surface area contributed by atoms with Crippen molar-refractivity contribution in [2.75, 3.05) is 12.0 Å². The first-order valence-corrected chi connectivity index (χ1v) is 11.3. The van der Waals surface area contributed by atoms with Crippen molar-refractivity contribution in [1.82, 2.24) is 14.8 Å². The molecule has 180 valence electrons. The van der Waals surface area contributed by atoms with E-state index in [1.807, 2.05) is 25.1 Å². The normalized spacial score (nSPS) is 14.7. The van der Waals surface area contributed by atoms with Crippen LogP contribution in [0.2, 0.25) is 0 Å². The minimum atomic E-state index is -4.43. The summed E-state index contributed by atoms with van der Waals surface area (Å²) in [6.45, 7) is 2.55. The fourth-order valence-corrected chi connectivity index (χ4v) is 4.38. The van der Waals surface area contributed by atoms with Gasteiger partial charge in [-0.2, -0.15) is 18.3 Å². The summed E-state index contributed by atoms with van der Waals surface area (Å²) in [5, 5.41) is 3.87. The van der Waals surface area contributed by atoms with Crippen LogP contribution in [0.15, 0.2) is 48.9 Å². The Kier molecular flexibility index (Phi) is 6.90. The number of methoxy groups -OCH3 is 1. The fraction of sp³-hybridized carbons (Fsp3) is 0.400. The Morgan fingerprint density at radius 3 is 2.50 bits per heavy atom. The minimum Gasteiger partial charge on any atom is -0.465 e. The third-order valence-corrected chi connectivity index (χ3v) is 6.32. The van der Waals surface area contributed by atoms with Gasteiger partial charge in [0.2, 0.25) is 0 Å². The SMILES string of the molecule is COC(=O)c1ccc(N(Cc2ccc(-n3cc(C(F)(F)F)cn3)cc2C)C2CCCCC2)nc1. The lowest BCUT2D eigenvalue weighted by atomic mass is 9.93. The number of anilines is 1. The molecular weight excluding hydrogens is 445 g/mol. The van der Waals surface area contributed by atoms with Crippen molar-refractivity contribution >= 4 is 11.8 Å². The van der Waals surface area contributed by atoms with Gasteiger partial charge in [0.15, 0.2) is 0 Å². The summed E-state index contributed by atoms with van der Waals surface area (Å²) in [7, 11) is 1.34. The zero-order valence-corrected chi connectivity index (χ0v) is 19.2. The highest BCUT2D eigenvalue weighted by Crippen LogP contribution is 2.31. The number of esters is 1. The van der Waals surface area contributed by atoms with Crippen LogP contribution in [0.25, 0.3) is 5.69 Å². The molecule has 0 radical (unpaired) electrons. The van der Waals surface area contributed by atoms with Crippen LogP contribution in [0.4, 0.5) is 19.0 Å². The van der Waals surface area contributed by atoms with E-state index in [4.69, 9.17) is 4.74 Å². The Labute approximate surface area is 196 Å². The predicted octanol–water partition coefficient (Wildman–Crippen LogP) is 5.72. The number of carbonyl (C=O) groups is 1. The first-order valence-electron chi connectivity index (χ1n) is 11.3. The number of carbonyl (C=O) groups excluding carboxylic acids is 1. The van der Waals surface area contributed by atoms with E-state index < -0.39 is 17.7 Å². The molecule has 4 rings (SSSR count). The Balaban J connectivity index is 1.59. The lowest BCUT2D eigenvalue weighted by Gasteiger charge is -2.36. The molecule has 0 N–H and O–H groups in total. The molecule has 34 heavy (non-hydrogen) atoms. The van der Waals surface area contributed by atoms with E-state index in [-0.39, 0.29) is 0 Å². The minimum absolute atomic E-state index is 0.324. The van der Waals surface area contributed by atoms with Crippen LogP contribution < -0.4 is 4.90 Å². The highest BCUT2D eigenvalue weighted by molar-refractivity contribution is 5.89. The molecule has 0 spiro atoms. The smallest absolute Gasteiger partial charge is 0.419 e. The van der Waals surface area contributed by atoms with Gasteiger partial charge in [-0.1, -0.05) is 25.3 Å². The number of pyridine rings is 1. The van der Waals surface area contributed by atoms with Gasteiger partial charge in [0, 0.05) is 25.0 Å². The summed E-state index contributed by atoms with van der Waals surface area (Å²) in [6, 6.07) is 9.43. The van der Waals surface area contributed by atoms with Gasteiger partial charge in [-0.05, 0) is 55.2 Å². The topological polar surface area (TPSA) is 60.2 Å². The van der Waals surface area contributed by atoms with Crippen molar-refractivity contribution in [2.24, 2.45) is 0 Å². The Hall–Kier alpha value is -3.36. The van der Waals surface area contributed by atoms with Crippen LogP contribution >= 0.6 is 0 Å². The second-order valence-corrected chi connectivity index (χ2v) is 8.60. The summed E-state index contributed by atoms with van der Waals surface area (Å²) in [4.78, 5) is 18.6. The molecule has 0 atom stereocenters. The molecule has 0 amide bonds. The van der Waals surface area contributed by atoms with E-state index in [2.05, 4.69) is 15.0 Å². The Bertz CT molecular complexity index is 1140. The summed E-state index contributed by atoms with van der Waals surface area (Å²) < 4.78 is 44.8. The maximum absolute atomic E-state index is 12.9. The average Bonchev–Trinajstić information content (AvgIpc) is 3.35. The first kappa shape index (κ1) is 23.8. The highest BCUT2D eigenvalue weighted by Gasteiger charge is 2.32. The number of alkyl halides is 3. The number of aryl methyl sites for hydroxylation is 1. The fourth-order valence-electron chi connectivity index (χ4n) is 4.38. The second kappa shape index (κ2) is 9.87. The molecule has 2 heterocycles. The molecule has 1 aromatic carbocycles. The van der Waals surface area contributed by atoms with Crippen molar-refractivity contribution in [3.8, 4) is 5.69 Å². The zero-order valence-electron chi connectivity index (χ0n) is 19.2. The summed E-state index contributed by atoms with van der Waals surface area (Å²) in [6.07, 6.45) is 4.58. The number of hydrogen-bond acceptors (Lipinski definition) is 5. The molecule has 1 aliphatic carbocycles. The number of halogens is 3.